The molecule has 2 heterocycles. The number of hydrogen-bond donors (Lipinski definition) is 0. The quantitative estimate of drug-likeness (QED) is 0.553. The van der Waals surface area contributed by atoms with Gasteiger partial charge in [-0.3, -0.25) is 4.79 Å². The van der Waals surface area contributed by atoms with Crippen molar-refractivity contribution >= 4 is 22.2 Å². The molecule has 2 saturated heterocycles. The van der Waals surface area contributed by atoms with Crippen LogP contribution in [0.3, 0.4) is 0 Å². The summed E-state index contributed by atoms with van der Waals surface area (Å²) in [7, 11) is -4.18. The van der Waals surface area contributed by atoms with E-state index in [-0.39, 0.29) is 4.31 Å². The second kappa shape index (κ2) is 3.46. The molecule has 0 saturated carbocycles. The second-order valence-corrected chi connectivity index (χ2v) is 4.81. The molecule has 7 nitrogen and oxygen atoms in total. The molecule has 0 aromatic heterocycles. The van der Waals surface area contributed by atoms with Crippen molar-refractivity contribution in [2.45, 2.75) is 12.8 Å². The number of carbonyl (C=O) groups excluding carboxylic acids is 2. The average Bonchev–Trinajstić information content (AvgIpc) is 2.74. The lowest BCUT2D eigenvalue weighted by molar-refractivity contribution is -0.124. The lowest BCUT2D eigenvalue weighted by atomic mass is 10.4. The first-order chi connectivity index (χ1) is 7.02. The van der Waals surface area contributed by atoms with Crippen LogP contribution in [0.1, 0.15) is 12.8 Å². The van der Waals surface area contributed by atoms with Gasteiger partial charge in [-0.2, -0.15) is 8.42 Å². The fourth-order valence-corrected chi connectivity index (χ4v) is 2.56. The summed E-state index contributed by atoms with van der Waals surface area (Å²) in [6, 6.07) is -0.796. The van der Waals surface area contributed by atoms with E-state index in [0.717, 1.165) is 12.8 Å². The molecule has 2 aliphatic rings. The van der Waals surface area contributed by atoms with Gasteiger partial charge in [0.25, 0.3) is 5.91 Å². The Morgan fingerprint density at radius 2 is 1.87 bits per heavy atom. The van der Waals surface area contributed by atoms with E-state index in [4.69, 9.17) is 0 Å². The summed E-state index contributed by atoms with van der Waals surface area (Å²) >= 11 is 0. The summed E-state index contributed by atoms with van der Waals surface area (Å²) in [5, 5.41) is 0. The SMILES string of the molecule is O=C1COS(=O)(=O)N1C(=O)N1CCCC1. The number of rotatable bonds is 0. The van der Waals surface area contributed by atoms with Crippen molar-refractivity contribution < 1.29 is 22.2 Å². The molecule has 0 spiro atoms. The van der Waals surface area contributed by atoms with Crippen molar-refractivity contribution in [1.29, 1.82) is 0 Å². The number of amides is 3. The minimum Gasteiger partial charge on any atom is -0.323 e. The van der Waals surface area contributed by atoms with Gasteiger partial charge in [-0.15, -0.1) is 4.31 Å². The van der Waals surface area contributed by atoms with Crippen LogP contribution < -0.4 is 0 Å². The van der Waals surface area contributed by atoms with Crippen molar-refractivity contribution in [3.8, 4) is 0 Å². The molecule has 3 amide bonds. The molecule has 0 unspecified atom stereocenters. The molecule has 0 aromatic carbocycles. The predicted octanol–water partition coefficient (Wildman–Crippen LogP) is -0.694. The van der Waals surface area contributed by atoms with E-state index in [0.29, 0.717) is 13.1 Å². The van der Waals surface area contributed by atoms with Crippen LogP contribution in [0.2, 0.25) is 0 Å². The molecular weight excluding hydrogens is 224 g/mol. The van der Waals surface area contributed by atoms with Gasteiger partial charge in [0.05, 0.1) is 0 Å². The topological polar surface area (TPSA) is 84.0 Å². The number of nitrogens with zero attached hydrogens (tertiary/aromatic N) is 2. The molecular formula is C7H10N2O5S. The fraction of sp³-hybridized carbons (Fsp3) is 0.714. The highest BCUT2D eigenvalue weighted by atomic mass is 32.2. The Kier molecular flexibility index (Phi) is 2.39. The van der Waals surface area contributed by atoms with Crippen LogP contribution in [0.25, 0.3) is 0 Å². The highest BCUT2D eigenvalue weighted by molar-refractivity contribution is 7.85. The summed E-state index contributed by atoms with van der Waals surface area (Å²) in [5.74, 6) is -0.827. The zero-order chi connectivity index (χ0) is 11.1. The third-order valence-electron chi connectivity index (χ3n) is 2.33. The Morgan fingerprint density at radius 1 is 1.27 bits per heavy atom. The highest BCUT2D eigenvalue weighted by Gasteiger charge is 2.44. The number of imide groups is 1. The lowest BCUT2D eigenvalue weighted by Crippen LogP contribution is -2.44. The fourth-order valence-electron chi connectivity index (χ4n) is 1.60. The van der Waals surface area contributed by atoms with E-state index in [2.05, 4.69) is 4.18 Å². The minimum atomic E-state index is -4.18. The van der Waals surface area contributed by atoms with Gasteiger partial charge in [-0.25, -0.2) is 8.98 Å². The molecule has 84 valence electrons. The van der Waals surface area contributed by atoms with Crippen molar-refractivity contribution in [3.63, 3.8) is 0 Å². The zero-order valence-electron chi connectivity index (χ0n) is 7.88. The van der Waals surface area contributed by atoms with Gasteiger partial charge in [0.2, 0.25) is 0 Å². The van der Waals surface area contributed by atoms with Gasteiger partial charge >= 0.3 is 16.3 Å². The molecule has 0 aromatic rings. The molecule has 2 rings (SSSR count). The third-order valence-corrected chi connectivity index (χ3v) is 3.55. The number of carbonyl (C=O) groups is 2. The van der Waals surface area contributed by atoms with Gasteiger partial charge in [-0.05, 0) is 12.8 Å². The van der Waals surface area contributed by atoms with Crippen molar-refractivity contribution in [2.75, 3.05) is 19.7 Å². The van der Waals surface area contributed by atoms with Crippen LogP contribution in [0.5, 0.6) is 0 Å². The Bertz CT molecular complexity index is 398. The van der Waals surface area contributed by atoms with Gasteiger partial charge in [0, 0.05) is 13.1 Å². The van der Waals surface area contributed by atoms with Crippen LogP contribution in [0.4, 0.5) is 4.79 Å². The largest absolute Gasteiger partial charge is 0.373 e. The van der Waals surface area contributed by atoms with E-state index in [9.17, 15) is 18.0 Å². The van der Waals surface area contributed by atoms with Crippen molar-refractivity contribution in [2.24, 2.45) is 0 Å². The maximum Gasteiger partial charge on any atom is 0.373 e. The monoisotopic (exact) mass is 234 g/mol. The normalized spacial score (nSPS) is 24.9. The maximum absolute atomic E-state index is 11.6. The van der Waals surface area contributed by atoms with Crippen LogP contribution >= 0.6 is 0 Å². The van der Waals surface area contributed by atoms with E-state index in [1.807, 2.05) is 0 Å². The highest BCUT2D eigenvalue weighted by Crippen LogP contribution is 2.18. The second-order valence-electron chi connectivity index (χ2n) is 3.35. The van der Waals surface area contributed by atoms with Crippen LogP contribution in [-0.2, 0) is 19.3 Å². The molecule has 2 aliphatic heterocycles. The molecule has 0 radical (unpaired) electrons. The molecule has 0 N–H and O–H groups in total. The first-order valence-electron chi connectivity index (χ1n) is 4.54. The van der Waals surface area contributed by atoms with Crippen LogP contribution in [-0.4, -0.2) is 49.3 Å². The van der Waals surface area contributed by atoms with Crippen LogP contribution in [0.15, 0.2) is 0 Å². The van der Waals surface area contributed by atoms with Crippen molar-refractivity contribution in [1.82, 2.24) is 9.21 Å². The van der Waals surface area contributed by atoms with Gasteiger partial charge in [0.1, 0.15) is 6.61 Å². The smallest absolute Gasteiger partial charge is 0.323 e. The lowest BCUT2D eigenvalue weighted by Gasteiger charge is -2.19. The summed E-state index contributed by atoms with van der Waals surface area (Å²) in [5.41, 5.74) is 0. The maximum atomic E-state index is 11.6. The van der Waals surface area contributed by atoms with Gasteiger partial charge < -0.3 is 4.90 Å². The minimum absolute atomic E-state index is 0.207. The molecule has 8 heteroatoms. The third kappa shape index (κ3) is 1.70. The first-order valence-corrected chi connectivity index (χ1v) is 5.90. The summed E-state index contributed by atoms with van der Waals surface area (Å²) < 4.78 is 26.9. The number of hydrogen-bond acceptors (Lipinski definition) is 5. The molecule has 2 fully saturated rings. The summed E-state index contributed by atoms with van der Waals surface area (Å²) in [4.78, 5) is 24.1. The number of urea groups is 1. The molecule has 15 heavy (non-hydrogen) atoms. The Labute approximate surface area is 86.8 Å². The molecule has 0 bridgehead atoms. The Hall–Kier alpha value is -1.15. The predicted molar refractivity (Wildman–Crippen MR) is 47.9 cm³/mol. The van der Waals surface area contributed by atoms with E-state index in [1.54, 1.807) is 0 Å². The van der Waals surface area contributed by atoms with Gasteiger partial charge in [-0.1, -0.05) is 0 Å². The van der Waals surface area contributed by atoms with Gasteiger partial charge in [0.15, 0.2) is 0 Å². The zero-order valence-corrected chi connectivity index (χ0v) is 8.70. The van der Waals surface area contributed by atoms with E-state index >= 15 is 0 Å². The van der Waals surface area contributed by atoms with Crippen LogP contribution in [0, 0.1) is 0 Å². The Morgan fingerprint density at radius 3 is 2.33 bits per heavy atom. The molecule has 0 aliphatic carbocycles. The molecule has 0 atom stereocenters. The van der Waals surface area contributed by atoms with E-state index in [1.165, 1.54) is 4.90 Å². The summed E-state index contributed by atoms with van der Waals surface area (Å²) in [6.45, 7) is 0.387. The number of likely N-dealkylation sites (tertiary alicyclic amines) is 1. The standard InChI is InChI=1S/C7H10N2O5S/c10-6-5-14-15(12,13)9(6)7(11)8-3-1-2-4-8/h1-5H2. The van der Waals surface area contributed by atoms with E-state index < -0.39 is 28.8 Å². The van der Waals surface area contributed by atoms with Crippen molar-refractivity contribution in [3.05, 3.63) is 0 Å². The summed E-state index contributed by atoms with van der Waals surface area (Å²) in [6.07, 6.45) is 1.66. The average molecular weight is 234 g/mol. The Balaban J connectivity index is 2.22. The first kappa shape index (κ1) is 10.4.